The minimum Gasteiger partial charge on any atom is -0.360 e. The molecule has 1 amide bonds. The lowest BCUT2D eigenvalue weighted by Crippen LogP contribution is -2.16. The maximum atomic E-state index is 14.1. The third-order valence-electron chi connectivity index (χ3n) is 5.15. The molecule has 0 saturated carbocycles. The number of carbonyl (C=O) groups excluding carboxylic acids is 1. The van der Waals surface area contributed by atoms with Crippen LogP contribution in [0.5, 0.6) is 0 Å². The molecule has 0 unspecified atom stereocenters. The lowest BCUT2D eigenvalue weighted by molar-refractivity contribution is 0.101. The van der Waals surface area contributed by atoms with Crippen LogP contribution in [0.1, 0.15) is 51.6 Å². The predicted molar refractivity (Wildman–Crippen MR) is 103 cm³/mol. The molecule has 1 N–H and O–H groups in total. The maximum Gasteiger partial charge on any atom is 0.278 e. The monoisotopic (exact) mass is 402 g/mol. The van der Waals surface area contributed by atoms with Crippen LogP contribution in [-0.2, 0) is 19.4 Å². The van der Waals surface area contributed by atoms with Crippen molar-refractivity contribution in [2.75, 3.05) is 5.32 Å². The van der Waals surface area contributed by atoms with Crippen LogP contribution in [0.2, 0.25) is 5.02 Å². The number of hydrogen-bond donors (Lipinski definition) is 1. The molecule has 4 rings (SSSR count). The zero-order chi connectivity index (χ0) is 19.8. The highest BCUT2D eigenvalue weighted by Crippen LogP contribution is 2.27. The molecule has 3 aromatic rings. The Kier molecular flexibility index (Phi) is 4.93. The molecule has 28 heavy (non-hydrogen) atoms. The molecule has 0 radical (unpaired) electrons. The van der Waals surface area contributed by atoms with E-state index in [0.29, 0.717) is 33.4 Å². The van der Waals surface area contributed by atoms with Crippen molar-refractivity contribution in [1.82, 2.24) is 14.9 Å². The van der Waals surface area contributed by atoms with Crippen LogP contribution < -0.4 is 5.32 Å². The molecule has 0 fully saturated rings. The number of aryl methyl sites for hydroxylation is 2. The summed E-state index contributed by atoms with van der Waals surface area (Å²) in [5, 5.41) is 11.6. The second-order valence-corrected chi connectivity index (χ2v) is 7.41. The van der Waals surface area contributed by atoms with Crippen molar-refractivity contribution < 1.29 is 13.7 Å². The summed E-state index contributed by atoms with van der Waals surface area (Å²) in [6.45, 7) is 3.79. The quantitative estimate of drug-likeness (QED) is 0.699. The topological polar surface area (TPSA) is 73.0 Å². The van der Waals surface area contributed by atoms with E-state index >= 15 is 0 Å². The van der Waals surface area contributed by atoms with Crippen molar-refractivity contribution >= 4 is 23.2 Å². The average Bonchev–Trinajstić information content (AvgIpc) is 3.21. The highest BCUT2D eigenvalue weighted by molar-refractivity contribution is 6.31. The van der Waals surface area contributed by atoms with Gasteiger partial charge in [-0.15, -0.1) is 0 Å². The van der Waals surface area contributed by atoms with Crippen molar-refractivity contribution in [2.45, 2.75) is 46.1 Å². The van der Waals surface area contributed by atoms with Gasteiger partial charge in [0.25, 0.3) is 5.91 Å². The summed E-state index contributed by atoms with van der Waals surface area (Å²) >= 11 is 6.13. The fourth-order valence-electron chi connectivity index (χ4n) is 3.60. The first kappa shape index (κ1) is 18.7. The lowest BCUT2D eigenvalue weighted by Gasteiger charge is -2.10. The Morgan fingerprint density at radius 3 is 2.89 bits per heavy atom. The first-order valence-corrected chi connectivity index (χ1v) is 9.59. The molecule has 1 aliphatic carbocycles. The van der Waals surface area contributed by atoms with Crippen LogP contribution in [0.4, 0.5) is 10.1 Å². The van der Waals surface area contributed by atoms with E-state index in [1.54, 1.807) is 23.7 Å². The third-order valence-corrected chi connectivity index (χ3v) is 5.51. The second kappa shape index (κ2) is 7.39. The van der Waals surface area contributed by atoms with Gasteiger partial charge in [-0.1, -0.05) is 22.8 Å². The Hall–Kier alpha value is -2.67. The number of aromatic nitrogens is 3. The van der Waals surface area contributed by atoms with E-state index in [2.05, 4.69) is 15.6 Å². The number of nitrogens with one attached hydrogen (secondary N) is 1. The SMILES string of the molecule is Cc1nn(Cc2c(F)cccc2Cl)c(C)c1NC(=O)c1noc2c1CCCC2. The van der Waals surface area contributed by atoms with Crippen LogP contribution in [0, 0.1) is 19.7 Å². The highest BCUT2D eigenvalue weighted by Gasteiger charge is 2.25. The first-order valence-electron chi connectivity index (χ1n) is 9.21. The number of halogens is 2. The fraction of sp³-hybridized carbons (Fsp3) is 0.350. The van der Waals surface area contributed by atoms with Crippen LogP contribution in [0.25, 0.3) is 0 Å². The number of benzene rings is 1. The van der Waals surface area contributed by atoms with E-state index in [9.17, 15) is 9.18 Å². The minimum atomic E-state index is -0.389. The number of amides is 1. The van der Waals surface area contributed by atoms with E-state index < -0.39 is 0 Å². The second-order valence-electron chi connectivity index (χ2n) is 7.00. The number of carbonyl (C=O) groups is 1. The number of rotatable bonds is 4. The molecule has 0 aliphatic heterocycles. The zero-order valence-corrected chi connectivity index (χ0v) is 16.4. The third kappa shape index (κ3) is 3.30. The first-order chi connectivity index (χ1) is 13.5. The largest absolute Gasteiger partial charge is 0.360 e. The summed E-state index contributed by atoms with van der Waals surface area (Å²) in [5.74, 6) is 0.0937. The van der Waals surface area contributed by atoms with Gasteiger partial charge in [-0.25, -0.2) is 4.39 Å². The standard InChI is InChI=1S/C20H20ClFN4O2/c1-11-18(23-20(27)19-13-6-3-4-9-17(13)28-25-19)12(2)26(24-11)10-14-15(21)7-5-8-16(14)22/h5,7-8H,3-4,6,9-10H2,1-2H3,(H,23,27). The number of nitrogens with zero attached hydrogens (tertiary/aromatic N) is 3. The maximum absolute atomic E-state index is 14.1. The molecule has 0 spiro atoms. The lowest BCUT2D eigenvalue weighted by atomic mass is 9.96. The van der Waals surface area contributed by atoms with Gasteiger partial charge in [0.1, 0.15) is 11.6 Å². The predicted octanol–water partition coefficient (Wildman–Crippen LogP) is 4.46. The summed E-state index contributed by atoms with van der Waals surface area (Å²) in [6.07, 6.45) is 3.68. The summed E-state index contributed by atoms with van der Waals surface area (Å²) in [5.41, 5.74) is 3.52. The van der Waals surface area contributed by atoms with Gasteiger partial charge in [-0.3, -0.25) is 9.48 Å². The highest BCUT2D eigenvalue weighted by atomic mass is 35.5. The molecule has 2 aromatic heterocycles. The van der Waals surface area contributed by atoms with E-state index in [-0.39, 0.29) is 18.3 Å². The number of anilines is 1. The van der Waals surface area contributed by atoms with Crippen LogP contribution in [0.15, 0.2) is 22.7 Å². The molecule has 0 saturated heterocycles. The fourth-order valence-corrected chi connectivity index (χ4v) is 3.82. The van der Waals surface area contributed by atoms with E-state index in [1.807, 2.05) is 6.92 Å². The Morgan fingerprint density at radius 1 is 1.32 bits per heavy atom. The Balaban J connectivity index is 1.59. The molecule has 1 aliphatic rings. The molecule has 8 heteroatoms. The molecule has 0 bridgehead atoms. The van der Waals surface area contributed by atoms with Crippen molar-refractivity contribution in [3.05, 3.63) is 63.0 Å². The van der Waals surface area contributed by atoms with Crippen LogP contribution >= 0.6 is 11.6 Å². The van der Waals surface area contributed by atoms with Gasteiger partial charge >= 0.3 is 0 Å². The van der Waals surface area contributed by atoms with Crippen molar-refractivity contribution in [3.63, 3.8) is 0 Å². The minimum absolute atomic E-state index is 0.174. The summed E-state index contributed by atoms with van der Waals surface area (Å²) in [4.78, 5) is 12.8. The van der Waals surface area contributed by atoms with E-state index in [1.165, 1.54) is 6.07 Å². The molecular weight excluding hydrogens is 383 g/mol. The van der Waals surface area contributed by atoms with Gasteiger partial charge < -0.3 is 9.84 Å². The van der Waals surface area contributed by atoms with Gasteiger partial charge in [0.15, 0.2) is 5.69 Å². The van der Waals surface area contributed by atoms with Crippen LogP contribution in [0.3, 0.4) is 0 Å². The average molecular weight is 403 g/mol. The molecule has 0 atom stereocenters. The van der Waals surface area contributed by atoms with Gasteiger partial charge in [-0.05, 0) is 45.2 Å². The van der Waals surface area contributed by atoms with Gasteiger partial charge in [0, 0.05) is 22.6 Å². The van der Waals surface area contributed by atoms with Gasteiger partial charge in [0.05, 0.1) is 23.6 Å². The smallest absolute Gasteiger partial charge is 0.278 e. The molecule has 2 heterocycles. The summed E-state index contributed by atoms with van der Waals surface area (Å²) in [6, 6.07) is 4.57. The van der Waals surface area contributed by atoms with Crippen molar-refractivity contribution in [1.29, 1.82) is 0 Å². The molecule has 1 aromatic carbocycles. The summed E-state index contributed by atoms with van der Waals surface area (Å²) in [7, 11) is 0. The Labute approximate surface area is 166 Å². The normalized spacial score (nSPS) is 13.4. The number of fused-ring (bicyclic) bond motifs is 1. The molecular formula is C20H20ClFN4O2. The summed E-state index contributed by atoms with van der Waals surface area (Å²) < 4.78 is 21.1. The van der Waals surface area contributed by atoms with E-state index in [0.717, 1.165) is 37.0 Å². The van der Waals surface area contributed by atoms with E-state index in [4.69, 9.17) is 16.1 Å². The van der Waals surface area contributed by atoms with Crippen molar-refractivity contribution in [2.24, 2.45) is 0 Å². The zero-order valence-electron chi connectivity index (χ0n) is 15.7. The molecule has 6 nitrogen and oxygen atoms in total. The van der Waals surface area contributed by atoms with Crippen LogP contribution in [-0.4, -0.2) is 20.8 Å². The van der Waals surface area contributed by atoms with Crippen molar-refractivity contribution in [3.8, 4) is 0 Å². The Bertz CT molecular complexity index is 1040. The van der Waals surface area contributed by atoms with Gasteiger partial charge in [0.2, 0.25) is 0 Å². The Morgan fingerprint density at radius 2 is 2.11 bits per heavy atom. The van der Waals surface area contributed by atoms with Gasteiger partial charge in [-0.2, -0.15) is 5.10 Å². The number of hydrogen-bond acceptors (Lipinski definition) is 4. The molecule has 146 valence electrons.